The lowest BCUT2D eigenvalue weighted by molar-refractivity contribution is -0.905. The molecule has 24 heavy (non-hydrogen) atoms. The Morgan fingerprint density at radius 3 is 2.71 bits per heavy atom. The fraction of sp³-hybridized carbons (Fsp3) is 0.333. The molecule has 0 saturated carbocycles. The SMILES string of the molecule is CSc1nc2c(=O)c3c(sc2n1-c1ccccc1)C[N+](C)(C)CC3. The lowest BCUT2D eigenvalue weighted by Crippen LogP contribution is -2.44. The third kappa shape index (κ3) is 2.49. The molecule has 1 aromatic carbocycles. The second kappa shape index (κ2) is 5.72. The first-order valence-corrected chi connectivity index (χ1v) is 10.0. The maximum Gasteiger partial charge on any atom is 0.212 e. The fourth-order valence-corrected chi connectivity index (χ4v) is 5.38. The van der Waals surface area contributed by atoms with E-state index in [1.807, 2.05) is 24.5 Å². The second-order valence-electron chi connectivity index (χ2n) is 6.82. The number of fused-ring (bicyclic) bond motifs is 2. The van der Waals surface area contributed by atoms with Crippen LogP contribution in [-0.4, -0.2) is 40.9 Å². The molecule has 1 aliphatic rings. The Labute approximate surface area is 149 Å². The summed E-state index contributed by atoms with van der Waals surface area (Å²) in [7, 11) is 4.46. The van der Waals surface area contributed by atoms with Crippen molar-refractivity contribution in [1.29, 1.82) is 0 Å². The van der Waals surface area contributed by atoms with Crippen LogP contribution in [-0.2, 0) is 13.0 Å². The van der Waals surface area contributed by atoms with Crippen LogP contribution in [0.5, 0.6) is 0 Å². The average Bonchev–Trinajstić information content (AvgIpc) is 2.93. The van der Waals surface area contributed by atoms with E-state index in [4.69, 9.17) is 0 Å². The van der Waals surface area contributed by atoms with E-state index in [0.717, 1.165) is 45.2 Å². The first kappa shape index (κ1) is 15.9. The molecule has 0 amide bonds. The Balaban J connectivity index is 2.04. The number of nitrogens with zero attached hydrogens (tertiary/aromatic N) is 3. The van der Waals surface area contributed by atoms with Crippen LogP contribution >= 0.6 is 23.1 Å². The zero-order valence-electron chi connectivity index (χ0n) is 14.1. The van der Waals surface area contributed by atoms with Crippen molar-refractivity contribution >= 4 is 33.4 Å². The predicted molar refractivity (Wildman–Crippen MR) is 101 cm³/mol. The average molecular weight is 359 g/mol. The van der Waals surface area contributed by atoms with Gasteiger partial charge in [-0.3, -0.25) is 9.36 Å². The predicted octanol–water partition coefficient (Wildman–Crippen LogP) is 3.30. The number of aromatic nitrogens is 2. The third-order valence-electron chi connectivity index (χ3n) is 4.59. The molecule has 0 radical (unpaired) electrons. The van der Waals surface area contributed by atoms with Crippen LogP contribution in [0.25, 0.3) is 16.0 Å². The molecule has 2 aromatic heterocycles. The molecule has 1 aliphatic heterocycles. The third-order valence-corrected chi connectivity index (χ3v) is 6.42. The van der Waals surface area contributed by atoms with Crippen LogP contribution in [0.2, 0.25) is 0 Å². The van der Waals surface area contributed by atoms with Crippen LogP contribution < -0.4 is 5.43 Å². The Bertz CT molecular complexity index is 973. The van der Waals surface area contributed by atoms with Gasteiger partial charge in [-0.15, -0.1) is 11.3 Å². The molecule has 124 valence electrons. The molecule has 0 aliphatic carbocycles. The van der Waals surface area contributed by atoms with E-state index >= 15 is 0 Å². The second-order valence-corrected chi connectivity index (χ2v) is 8.68. The molecule has 4 nitrogen and oxygen atoms in total. The Hall–Kier alpha value is -1.63. The zero-order valence-corrected chi connectivity index (χ0v) is 15.7. The summed E-state index contributed by atoms with van der Waals surface area (Å²) in [5, 5.41) is 0.876. The van der Waals surface area contributed by atoms with Gasteiger partial charge in [0.2, 0.25) is 5.43 Å². The molecular formula is C18H20N3OS2+. The van der Waals surface area contributed by atoms with Crippen molar-refractivity contribution in [3.8, 4) is 5.69 Å². The van der Waals surface area contributed by atoms with Crippen molar-refractivity contribution < 1.29 is 4.48 Å². The minimum atomic E-state index is 0.128. The molecule has 0 fully saturated rings. The van der Waals surface area contributed by atoms with Gasteiger partial charge in [0.15, 0.2) is 5.16 Å². The van der Waals surface area contributed by atoms with Crippen molar-refractivity contribution in [3.05, 3.63) is 51.0 Å². The van der Waals surface area contributed by atoms with Gasteiger partial charge in [0.1, 0.15) is 16.9 Å². The maximum atomic E-state index is 13.0. The van der Waals surface area contributed by atoms with E-state index in [2.05, 4.69) is 35.8 Å². The highest BCUT2D eigenvalue weighted by Crippen LogP contribution is 2.33. The molecule has 0 bridgehead atoms. The number of quaternary nitrogens is 1. The number of hydrogen-bond acceptors (Lipinski definition) is 4. The van der Waals surface area contributed by atoms with E-state index in [1.165, 1.54) is 4.88 Å². The standard InChI is InChI=1S/C18H20N3OS2/c1-21(2)10-9-13-14(11-21)24-17-15(16(13)22)19-18(23-3)20(17)12-7-5-4-6-8-12/h4-8H,9-11H2,1-3H3/q+1. The van der Waals surface area contributed by atoms with Crippen LogP contribution in [0.3, 0.4) is 0 Å². The van der Waals surface area contributed by atoms with Crippen LogP contribution in [0.15, 0.2) is 40.3 Å². The molecule has 6 heteroatoms. The van der Waals surface area contributed by atoms with Gasteiger partial charge < -0.3 is 4.48 Å². The van der Waals surface area contributed by atoms with Crippen LogP contribution in [0.4, 0.5) is 0 Å². The van der Waals surface area contributed by atoms with E-state index in [9.17, 15) is 4.79 Å². The minimum Gasteiger partial charge on any atom is -0.324 e. The Kier molecular flexibility index (Phi) is 3.78. The molecule has 0 N–H and O–H groups in total. The van der Waals surface area contributed by atoms with Gasteiger partial charge in [0.25, 0.3) is 0 Å². The lowest BCUT2D eigenvalue weighted by Gasteiger charge is -2.33. The molecule has 0 unspecified atom stereocenters. The minimum absolute atomic E-state index is 0.128. The first-order valence-electron chi connectivity index (χ1n) is 7.99. The summed E-state index contributed by atoms with van der Waals surface area (Å²) in [4.78, 5) is 19.9. The van der Waals surface area contributed by atoms with Crippen molar-refractivity contribution in [3.63, 3.8) is 0 Å². The van der Waals surface area contributed by atoms with Gasteiger partial charge in [0, 0.05) is 17.7 Å². The molecule has 3 heterocycles. The van der Waals surface area contributed by atoms with E-state index in [1.54, 1.807) is 23.1 Å². The topological polar surface area (TPSA) is 34.9 Å². The summed E-state index contributed by atoms with van der Waals surface area (Å²) in [6.45, 7) is 1.93. The first-order chi connectivity index (χ1) is 11.5. The van der Waals surface area contributed by atoms with Gasteiger partial charge in [-0.1, -0.05) is 30.0 Å². The van der Waals surface area contributed by atoms with E-state index in [-0.39, 0.29) is 5.43 Å². The van der Waals surface area contributed by atoms with Gasteiger partial charge in [-0.2, -0.15) is 0 Å². The summed E-state index contributed by atoms with van der Waals surface area (Å²) in [5.74, 6) is 0. The largest absolute Gasteiger partial charge is 0.324 e. The van der Waals surface area contributed by atoms with Crippen molar-refractivity contribution in [2.24, 2.45) is 0 Å². The summed E-state index contributed by atoms with van der Waals surface area (Å²) in [6.07, 6.45) is 2.86. The number of thioether (sulfide) groups is 1. The molecule has 3 aromatic rings. The number of para-hydroxylation sites is 1. The van der Waals surface area contributed by atoms with Crippen molar-refractivity contribution in [1.82, 2.24) is 9.55 Å². The highest BCUT2D eigenvalue weighted by atomic mass is 32.2. The summed E-state index contributed by atoms with van der Waals surface area (Å²) in [6, 6.07) is 10.2. The summed E-state index contributed by atoms with van der Waals surface area (Å²) >= 11 is 3.32. The van der Waals surface area contributed by atoms with E-state index < -0.39 is 0 Å². The Morgan fingerprint density at radius 1 is 1.25 bits per heavy atom. The van der Waals surface area contributed by atoms with Gasteiger partial charge in [0.05, 0.1) is 25.5 Å². The summed E-state index contributed by atoms with van der Waals surface area (Å²) < 4.78 is 3.06. The molecule has 0 spiro atoms. The monoisotopic (exact) mass is 358 g/mol. The van der Waals surface area contributed by atoms with Crippen molar-refractivity contribution in [2.45, 2.75) is 18.1 Å². The van der Waals surface area contributed by atoms with Crippen molar-refractivity contribution in [2.75, 3.05) is 26.9 Å². The number of likely N-dealkylation sites (N-methyl/N-ethyl adjacent to an activating group) is 1. The molecule has 0 saturated heterocycles. The molecule has 0 atom stereocenters. The summed E-state index contributed by atoms with van der Waals surface area (Å²) in [5.41, 5.74) is 2.79. The quantitative estimate of drug-likeness (QED) is 0.521. The van der Waals surface area contributed by atoms with Crippen LogP contribution in [0.1, 0.15) is 10.4 Å². The number of hydrogen-bond donors (Lipinski definition) is 0. The fourth-order valence-electron chi connectivity index (χ4n) is 3.28. The maximum absolute atomic E-state index is 13.0. The van der Waals surface area contributed by atoms with Gasteiger partial charge >= 0.3 is 0 Å². The highest BCUT2D eigenvalue weighted by molar-refractivity contribution is 7.98. The number of rotatable bonds is 2. The van der Waals surface area contributed by atoms with Gasteiger partial charge in [-0.25, -0.2) is 4.98 Å². The molecule has 4 rings (SSSR count). The number of benzene rings is 1. The molecular weight excluding hydrogens is 338 g/mol. The van der Waals surface area contributed by atoms with Gasteiger partial charge in [-0.05, 0) is 18.4 Å². The zero-order chi connectivity index (χ0) is 16.9. The smallest absolute Gasteiger partial charge is 0.212 e. The lowest BCUT2D eigenvalue weighted by atomic mass is 10.1. The number of imidazole rings is 1. The normalized spacial score (nSPS) is 16.3. The Morgan fingerprint density at radius 2 is 2.00 bits per heavy atom. The van der Waals surface area contributed by atoms with E-state index in [0.29, 0.717) is 5.52 Å². The highest BCUT2D eigenvalue weighted by Gasteiger charge is 2.29. The van der Waals surface area contributed by atoms with Crippen LogP contribution in [0, 0.1) is 0 Å².